The van der Waals surface area contributed by atoms with Gasteiger partial charge in [0.15, 0.2) is 0 Å². The van der Waals surface area contributed by atoms with E-state index in [0.29, 0.717) is 6.42 Å². The van der Waals surface area contributed by atoms with E-state index < -0.39 is 5.97 Å². The minimum atomic E-state index is -0.732. The summed E-state index contributed by atoms with van der Waals surface area (Å²) in [6.07, 6.45) is 0.902. The van der Waals surface area contributed by atoms with Crippen LogP contribution in [0, 0.1) is 0 Å². The first-order valence-electron chi connectivity index (χ1n) is 6.32. The summed E-state index contributed by atoms with van der Waals surface area (Å²) in [5.41, 5.74) is 1.24. The normalized spacial score (nSPS) is 10.5. The molecular weight excluding hydrogens is 258 g/mol. The summed E-state index contributed by atoms with van der Waals surface area (Å²) in [4.78, 5) is 12.9. The Kier molecular flexibility index (Phi) is 5.12. The van der Waals surface area contributed by atoms with Crippen LogP contribution in [0.4, 0.5) is 0 Å². The van der Waals surface area contributed by atoms with E-state index in [2.05, 4.69) is 29.6 Å². The second-order valence-electron chi connectivity index (χ2n) is 4.31. The van der Waals surface area contributed by atoms with Gasteiger partial charge in [0, 0.05) is 22.7 Å². The van der Waals surface area contributed by atoms with Crippen LogP contribution in [0.15, 0.2) is 42.5 Å². The lowest BCUT2D eigenvalue weighted by Gasteiger charge is -2.01. The Morgan fingerprint density at radius 2 is 1.95 bits per heavy atom. The SMILES string of the molecule is O=C(O)CCCNCc1ccc(-c2ccccc2)s1. The summed E-state index contributed by atoms with van der Waals surface area (Å²) in [5, 5.41) is 11.8. The summed E-state index contributed by atoms with van der Waals surface area (Å²) in [6, 6.07) is 14.6. The minimum Gasteiger partial charge on any atom is -0.481 e. The van der Waals surface area contributed by atoms with Crippen molar-refractivity contribution in [3.8, 4) is 10.4 Å². The van der Waals surface area contributed by atoms with E-state index in [1.165, 1.54) is 15.3 Å². The molecule has 2 rings (SSSR count). The van der Waals surface area contributed by atoms with Gasteiger partial charge in [-0.15, -0.1) is 11.3 Å². The van der Waals surface area contributed by atoms with Crippen molar-refractivity contribution in [2.75, 3.05) is 6.54 Å². The summed E-state index contributed by atoms with van der Waals surface area (Å²) >= 11 is 1.77. The average molecular weight is 275 g/mol. The number of rotatable bonds is 7. The summed E-state index contributed by atoms with van der Waals surface area (Å²) in [7, 11) is 0. The van der Waals surface area contributed by atoms with Crippen LogP contribution in [0.5, 0.6) is 0 Å². The molecular formula is C15H17NO2S. The maximum absolute atomic E-state index is 10.4. The van der Waals surface area contributed by atoms with Crippen LogP contribution in [0.25, 0.3) is 10.4 Å². The molecule has 0 radical (unpaired) electrons. The molecule has 0 amide bonds. The molecule has 0 atom stereocenters. The van der Waals surface area contributed by atoms with Crippen molar-refractivity contribution in [3.63, 3.8) is 0 Å². The average Bonchev–Trinajstić information content (AvgIpc) is 2.88. The van der Waals surface area contributed by atoms with Crippen LogP contribution >= 0.6 is 11.3 Å². The van der Waals surface area contributed by atoms with Crippen LogP contribution < -0.4 is 5.32 Å². The van der Waals surface area contributed by atoms with E-state index >= 15 is 0 Å². The van der Waals surface area contributed by atoms with Crippen LogP contribution in [-0.4, -0.2) is 17.6 Å². The molecule has 1 aromatic carbocycles. The van der Waals surface area contributed by atoms with Gasteiger partial charge in [-0.1, -0.05) is 30.3 Å². The van der Waals surface area contributed by atoms with Gasteiger partial charge >= 0.3 is 5.97 Å². The second kappa shape index (κ2) is 7.07. The van der Waals surface area contributed by atoms with Gasteiger partial charge in [-0.3, -0.25) is 4.79 Å². The summed E-state index contributed by atoms with van der Waals surface area (Å²) < 4.78 is 0. The zero-order chi connectivity index (χ0) is 13.5. The number of carboxylic acid groups (broad SMARTS) is 1. The first-order chi connectivity index (χ1) is 9.25. The topological polar surface area (TPSA) is 49.3 Å². The van der Waals surface area contributed by atoms with Crippen LogP contribution in [0.3, 0.4) is 0 Å². The summed E-state index contributed by atoms with van der Waals surface area (Å²) in [5.74, 6) is -0.732. The fraction of sp³-hybridized carbons (Fsp3) is 0.267. The van der Waals surface area contributed by atoms with Crippen molar-refractivity contribution in [1.29, 1.82) is 0 Å². The second-order valence-corrected chi connectivity index (χ2v) is 5.47. The molecule has 100 valence electrons. The van der Waals surface area contributed by atoms with Gasteiger partial charge < -0.3 is 10.4 Å². The lowest BCUT2D eigenvalue weighted by Crippen LogP contribution is -2.14. The molecule has 0 unspecified atom stereocenters. The van der Waals surface area contributed by atoms with Crippen molar-refractivity contribution >= 4 is 17.3 Å². The molecule has 2 aromatic rings. The Balaban J connectivity index is 1.80. The number of carbonyl (C=O) groups is 1. The molecule has 2 N–H and O–H groups in total. The molecule has 0 spiro atoms. The van der Waals surface area contributed by atoms with E-state index in [1.54, 1.807) is 11.3 Å². The number of nitrogens with one attached hydrogen (secondary N) is 1. The third kappa shape index (κ3) is 4.50. The molecule has 0 bridgehead atoms. The van der Waals surface area contributed by atoms with Crippen molar-refractivity contribution in [2.45, 2.75) is 19.4 Å². The number of hydrogen-bond donors (Lipinski definition) is 2. The van der Waals surface area contributed by atoms with Crippen molar-refractivity contribution < 1.29 is 9.90 Å². The standard InChI is InChI=1S/C15H17NO2S/c17-15(18)7-4-10-16-11-13-8-9-14(19-13)12-5-2-1-3-6-12/h1-3,5-6,8-9,16H,4,7,10-11H2,(H,17,18). The van der Waals surface area contributed by atoms with Crippen LogP contribution in [0.1, 0.15) is 17.7 Å². The van der Waals surface area contributed by atoms with E-state index in [9.17, 15) is 4.79 Å². The molecule has 0 aliphatic rings. The Bertz CT molecular complexity index is 522. The maximum Gasteiger partial charge on any atom is 0.303 e. The zero-order valence-electron chi connectivity index (χ0n) is 10.6. The first kappa shape index (κ1) is 13.8. The number of carboxylic acids is 1. The van der Waals surface area contributed by atoms with Gasteiger partial charge in [0.25, 0.3) is 0 Å². The predicted octanol–water partition coefficient (Wildman–Crippen LogP) is 3.37. The Morgan fingerprint density at radius 1 is 1.16 bits per heavy atom. The van der Waals surface area contributed by atoms with Gasteiger partial charge in [-0.05, 0) is 30.7 Å². The Labute approximate surface area is 116 Å². The highest BCUT2D eigenvalue weighted by molar-refractivity contribution is 7.15. The van der Waals surface area contributed by atoms with E-state index in [0.717, 1.165) is 13.1 Å². The van der Waals surface area contributed by atoms with Gasteiger partial charge in [0.2, 0.25) is 0 Å². The Hall–Kier alpha value is -1.65. The monoisotopic (exact) mass is 275 g/mol. The summed E-state index contributed by atoms with van der Waals surface area (Å²) in [6.45, 7) is 1.54. The first-order valence-corrected chi connectivity index (χ1v) is 7.14. The third-order valence-electron chi connectivity index (χ3n) is 2.76. The lowest BCUT2D eigenvalue weighted by atomic mass is 10.2. The van der Waals surface area contributed by atoms with E-state index in [1.807, 2.05) is 18.2 Å². The molecule has 0 aliphatic carbocycles. The lowest BCUT2D eigenvalue weighted by molar-refractivity contribution is -0.137. The largest absolute Gasteiger partial charge is 0.481 e. The molecule has 0 saturated heterocycles. The van der Waals surface area contributed by atoms with Crippen molar-refractivity contribution in [3.05, 3.63) is 47.3 Å². The van der Waals surface area contributed by atoms with Gasteiger partial charge in [0.05, 0.1) is 0 Å². The molecule has 1 heterocycles. The van der Waals surface area contributed by atoms with E-state index in [4.69, 9.17) is 5.11 Å². The quantitative estimate of drug-likeness (QED) is 0.762. The fourth-order valence-corrected chi connectivity index (χ4v) is 2.79. The number of hydrogen-bond acceptors (Lipinski definition) is 3. The minimum absolute atomic E-state index is 0.229. The van der Waals surface area contributed by atoms with Crippen LogP contribution in [-0.2, 0) is 11.3 Å². The molecule has 3 nitrogen and oxygen atoms in total. The van der Waals surface area contributed by atoms with E-state index in [-0.39, 0.29) is 6.42 Å². The molecule has 0 aliphatic heterocycles. The van der Waals surface area contributed by atoms with Gasteiger partial charge in [0.1, 0.15) is 0 Å². The zero-order valence-corrected chi connectivity index (χ0v) is 11.5. The van der Waals surface area contributed by atoms with Crippen LogP contribution in [0.2, 0.25) is 0 Å². The Morgan fingerprint density at radius 3 is 2.68 bits per heavy atom. The van der Waals surface area contributed by atoms with Crippen molar-refractivity contribution in [1.82, 2.24) is 5.32 Å². The molecule has 19 heavy (non-hydrogen) atoms. The molecule has 0 saturated carbocycles. The van der Waals surface area contributed by atoms with Gasteiger partial charge in [-0.2, -0.15) is 0 Å². The maximum atomic E-state index is 10.4. The van der Waals surface area contributed by atoms with Gasteiger partial charge in [-0.25, -0.2) is 0 Å². The number of benzene rings is 1. The number of aliphatic carboxylic acids is 1. The molecule has 0 fully saturated rings. The fourth-order valence-electron chi connectivity index (χ4n) is 1.81. The highest BCUT2D eigenvalue weighted by Crippen LogP contribution is 2.27. The molecule has 4 heteroatoms. The van der Waals surface area contributed by atoms with Crippen molar-refractivity contribution in [2.24, 2.45) is 0 Å². The third-order valence-corrected chi connectivity index (χ3v) is 3.90. The highest BCUT2D eigenvalue weighted by Gasteiger charge is 2.02. The molecule has 1 aromatic heterocycles. The smallest absolute Gasteiger partial charge is 0.303 e. The predicted molar refractivity (Wildman–Crippen MR) is 78.3 cm³/mol. The highest BCUT2D eigenvalue weighted by atomic mass is 32.1. The number of thiophene rings is 1.